The molecule has 5 saturated heterocycles. The van der Waals surface area contributed by atoms with Crippen LogP contribution in [0, 0.1) is 17.2 Å². The number of benzene rings is 3. The maximum Gasteiger partial charge on any atom is 0.262 e. The molecule has 6 aliphatic rings. The number of hydrogen-bond acceptors (Lipinski definition) is 10. The number of ether oxygens (including phenoxy) is 1. The Kier molecular flexibility index (Phi) is 10.8. The van der Waals surface area contributed by atoms with E-state index < -0.39 is 23.8 Å². The number of nitrogens with zero attached hydrogens (tertiary/aromatic N) is 6. The molecule has 13 nitrogen and oxygen atoms in total. The number of amides is 5. The molecule has 2 bridgehead atoms. The summed E-state index contributed by atoms with van der Waals surface area (Å²) in [7, 11) is 0. The van der Waals surface area contributed by atoms with Gasteiger partial charge in [-0.2, -0.15) is 5.26 Å². The SMILES string of the molecule is N#Cc1ccc(OC2CC3CCC(C2)N3C(=O)c2ccc(N3CCN(CCC4CCN(c5ccc6c(c5)C(=O)N(C5CCC(=O)NC5=O)C6=O)CC4)CC3)cc2)cc1Cl. The van der Waals surface area contributed by atoms with Crippen LogP contribution in [0.4, 0.5) is 11.4 Å². The number of nitrogens with one attached hydrogen (secondary N) is 1. The van der Waals surface area contributed by atoms with E-state index in [1.54, 1.807) is 30.3 Å². The Balaban J connectivity index is 0.711. The lowest BCUT2D eigenvalue weighted by Gasteiger charge is -2.39. The monoisotopic (exact) mass is 817 g/mol. The minimum atomic E-state index is -0.965. The predicted molar refractivity (Wildman–Crippen MR) is 221 cm³/mol. The molecular formula is C45H48ClN7O6. The fourth-order valence-electron chi connectivity index (χ4n) is 10.1. The molecule has 0 radical (unpaired) electrons. The second kappa shape index (κ2) is 16.3. The Labute approximate surface area is 348 Å². The van der Waals surface area contributed by atoms with Crippen molar-refractivity contribution in [3.8, 4) is 11.8 Å². The number of hydrogen-bond donors (Lipinski definition) is 1. The Morgan fingerprint density at radius 2 is 1.46 bits per heavy atom. The Bertz CT molecular complexity index is 2200. The molecule has 3 atom stereocenters. The van der Waals surface area contributed by atoms with Gasteiger partial charge in [0.25, 0.3) is 17.7 Å². The van der Waals surface area contributed by atoms with Gasteiger partial charge in [0.15, 0.2) is 0 Å². The number of imide groups is 2. The molecule has 0 saturated carbocycles. The lowest BCUT2D eigenvalue weighted by Crippen LogP contribution is -2.54. The lowest BCUT2D eigenvalue weighted by molar-refractivity contribution is -0.136. The maximum absolute atomic E-state index is 13.8. The minimum Gasteiger partial charge on any atom is -0.490 e. The van der Waals surface area contributed by atoms with Gasteiger partial charge < -0.3 is 19.4 Å². The average Bonchev–Trinajstić information content (AvgIpc) is 3.66. The number of nitriles is 1. The molecule has 3 aromatic carbocycles. The van der Waals surface area contributed by atoms with Crippen molar-refractivity contribution in [2.45, 2.75) is 82.0 Å². The van der Waals surface area contributed by atoms with Gasteiger partial charge >= 0.3 is 0 Å². The van der Waals surface area contributed by atoms with Gasteiger partial charge in [0.2, 0.25) is 11.8 Å². The van der Waals surface area contributed by atoms with E-state index in [-0.39, 0.29) is 42.8 Å². The third-order valence-electron chi connectivity index (χ3n) is 13.4. The summed E-state index contributed by atoms with van der Waals surface area (Å²) in [6.45, 7) is 6.67. The molecule has 3 unspecified atom stereocenters. The van der Waals surface area contributed by atoms with Gasteiger partial charge in [-0.15, -0.1) is 0 Å². The summed E-state index contributed by atoms with van der Waals surface area (Å²) < 4.78 is 6.27. The van der Waals surface area contributed by atoms with E-state index in [2.05, 4.69) is 43.1 Å². The molecule has 5 fully saturated rings. The third kappa shape index (κ3) is 7.76. The molecule has 0 aromatic heterocycles. The van der Waals surface area contributed by atoms with Crippen LogP contribution in [0.5, 0.6) is 5.75 Å². The van der Waals surface area contributed by atoms with E-state index in [0.29, 0.717) is 33.4 Å². The summed E-state index contributed by atoms with van der Waals surface area (Å²) in [6.07, 6.45) is 7.00. The molecule has 0 spiro atoms. The van der Waals surface area contributed by atoms with Crippen LogP contribution in [0.1, 0.15) is 94.4 Å². The molecular weight excluding hydrogens is 770 g/mol. The highest BCUT2D eigenvalue weighted by molar-refractivity contribution is 6.31. The molecule has 1 N–H and O–H groups in total. The molecule has 6 heterocycles. The molecule has 6 aliphatic heterocycles. The van der Waals surface area contributed by atoms with Crippen LogP contribution in [-0.4, -0.2) is 114 Å². The van der Waals surface area contributed by atoms with E-state index in [1.165, 1.54) is 0 Å². The second-order valence-electron chi connectivity index (χ2n) is 16.8. The smallest absolute Gasteiger partial charge is 0.262 e. The van der Waals surface area contributed by atoms with Gasteiger partial charge in [-0.1, -0.05) is 11.6 Å². The topological polar surface area (TPSA) is 147 Å². The van der Waals surface area contributed by atoms with Gasteiger partial charge in [0.05, 0.1) is 21.7 Å². The normalized spacial score (nSPS) is 24.9. The van der Waals surface area contributed by atoms with Crippen LogP contribution in [0.15, 0.2) is 60.7 Å². The summed E-state index contributed by atoms with van der Waals surface area (Å²) >= 11 is 6.23. The minimum absolute atomic E-state index is 0.00353. The summed E-state index contributed by atoms with van der Waals surface area (Å²) in [6, 6.07) is 20.1. The zero-order chi connectivity index (χ0) is 40.8. The van der Waals surface area contributed by atoms with Crippen LogP contribution < -0.4 is 19.9 Å². The molecule has 9 rings (SSSR count). The van der Waals surface area contributed by atoms with Crippen molar-refractivity contribution in [2.24, 2.45) is 5.92 Å². The highest BCUT2D eigenvalue weighted by Gasteiger charge is 2.46. The molecule has 0 aliphatic carbocycles. The first-order valence-electron chi connectivity index (χ1n) is 21.0. The zero-order valence-corrected chi connectivity index (χ0v) is 33.7. The molecule has 3 aromatic rings. The predicted octanol–water partition coefficient (Wildman–Crippen LogP) is 5.26. The summed E-state index contributed by atoms with van der Waals surface area (Å²) in [4.78, 5) is 74.6. The number of halogens is 1. The first kappa shape index (κ1) is 39.0. The zero-order valence-electron chi connectivity index (χ0n) is 33.0. The van der Waals surface area contributed by atoms with Gasteiger partial charge in [-0.25, -0.2) is 0 Å². The second-order valence-corrected chi connectivity index (χ2v) is 17.2. The third-order valence-corrected chi connectivity index (χ3v) is 13.7. The number of piperidine rings is 3. The van der Waals surface area contributed by atoms with Gasteiger partial charge in [0, 0.05) is 93.6 Å². The Hall–Kier alpha value is -5.45. The van der Waals surface area contributed by atoms with Crippen LogP contribution in [0.2, 0.25) is 5.02 Å². The van der Waals surface area contributed by atoms with Crippen LogP contribution >= 0.6 is 11.6 Å². The molecule has 306 valence electrons. The van der Waals surface area contributed by atoms with Crippen LogP contribution in [-0.2, 0) is 9.59 Å². The van der Waals surface area contributed by atoms with Gasteiger partial charge in [0.1, 0.15) is 24.0 Å². The van der Waals surface area contributed by atoms with Crippen molar-refractivity contribution in [3.63, 3.8) is 0 Å². The van der Waals surface area contributed by atoms with E-state index in [0.717, 1.165) is 113 Å². The first-order chi connectivity index (χ1) is 28.6. The fraction of sp³-hybridized carbons (Fsp3) is 0.467. The number of anilines is 2. The van der Waals surface area contributed by atoms with E-state index >= 15 is 0 Å². The van der Waals surface area contributed by atoms with Crippen molar-refractivity contribution in [2.75, 3.05) is 55.6 Å². The quantitative estimate of drug-likeness (QED) is 0.284. The van der Waals surface area contributed by atoms with E-state index in [9.17, 15) is 29.2 Å². The van der Waals surface area contributed by atoms with E-state index in [4.69, 9.17) is 16.3 Å². The van der Waals surface area contributed by atoms with Crippen molar-refractivity contribution in [1.82, 2.24) is 20.0 Å². The number of piperazine rings is 1. The number of carbonyl (C=O) groups is 5. The Morgan fingerprint density at radius 1 is 0.780 bits per heavy atom. The fourth-order valence-corrected chi connectivity index (χ4v) is 10.3. The summed E-state index contributed by atoms with van der Waals surface area (Å²) in [5.74, 6) is -0.573. The standard InChI is InChI=1S/C45H48ClN7O6/c46-39-26-35(9-3-30(39)27-47)59-36-23-33-6-7-34(24-36)52(33)43(56)29-1-4-31(5-2-29)51-21-19-49(20-22-51)16-13-28-14-17-50(18-15-28)32-8-10-37-38(25-32)45(58)53(44(37)57)40-11-12-41(54)48-42(40)55/h1-5,8-10,25-26,28,33-34,36,40H,6-7,11-24H2,(H,48,54,55). The lowest BCUT2D eigenvalue weighted by atomic mass is 9.92. The molecule has 14 heteroatoms. The number of carbonyl (C=O) groups excluding carboxylic acids is 5. The van der Waals surface area contributed by atoms with Crippen molar-refractivity contribution in [3.05, 3.63) is 87.9 Å². The van der Waals surface area contributed by atoms with Gasteiger partial charge in [-0.3, -0.25) is 39.1 Å². The summed E-state index contributed by atoms with van der Waals surface area (Å²) in [5.41, 5.74) is 3.83. The average molecular weight is 818 g/mol. The highest BCUT2D eigenvalue weighted by atomic mass is 35.5. The van der Waals surface area contributed by atoms with Crippen molar-refractivity contribution in [1.29, 1.82) is 5.26 Å². The van der Waals surface area contributed by atoms with Crippen molar-refractivity contribution < 1.29 is 28.7 Å². The maximum atomic E-state index is 13.8. The largest absolute Gasteiger partial charge is 0.490 e. The van der Waals surface area contributed by atoms with Crippen molar-refractivity contribution >= 4 is 52.5 Å². The Morgan fingerprint density at radius 3 is 2.14 bits per heavy atom. The highest BCUT2D eigenvalue weighted by Crippen LogP contribution is 2.39. The van der Waals surface area contributed by atoms with Crippen LogP contribution in [0.3, 0.4) is 0 Å². The number of fused-ring (bicyclic) bond motifs is 3. The first-order valence-corrected chi connectivity index (χ1v) is 21.4. The van der Waals surface area contributed by atoms with Crippen LogP contribution in [0.25, 0.3) is 0 Å². The number of rotatable bonds is 9. The molecule has 59 heavy (non-hydrogen) atoms. The van der Waals surface area contributed by atoms with E-state index in [1.807, 2.05) is 18.2 Å². The molecule has 5 amide bonds. The van der Waals surface area contributed by atoms with Gasteiger partial charge in [-0.05, 0) is 106 Å². The summed E-state index contributed by atoms with van der Waals surface area (Å²) in [5, 5.41) is 11.8.